The van der Waals surface area contributed by atoms with Gasteiger partial charge in [-0.25, -0.2) is 22.9 Å². The van der Waals surface area contributed by atoms with Crippen molar-refractivity contribution in [1.29, 1.82) is 0 Å². The fourth-order valence-electron chi connectivity index (χ4n) is 2.71. The number of urea groups is 1. The molecule has 1 fully saturated rings. The van der Waals surface area contributed by atoms with Crippen LogP contribution in [-0.4, -0.2) is 60.8 Å². The Bertz CT molecular complexity index is 588. The number of likely N-dealkylation sites (tertiary alicyclic amines) is 1. The minimum atomic E-state index is -3.24. The highest BCUT2D eigenvalue weighted by Crippen LogP contribution is 2.16. The number of hydrogen-bond donors (Lipinski definition) is 2. The van der Waals surface area contributed by atoms with Gasteiger partial charge in [0.1, 0.15) is 0 Å². The lowest BCUT2D eigenvalue weighted by atomic mass is 10.0. The zero-order valence-corrected chi connectivity index (χ0v) is 14.3. The van der Waals surface area contributed by atoms with Crippen molar-refractivity contribution in [3.05, 3.63) is 18.7 Å². The lowest BCUT2D eigenvalue weighted by Gasteiger charge is -2.35. The van der Waals surface area contributed by atoms with Crippen LogP contribution in [0.1, 0.15) is 25.7 Å². The Kier molecular flexibility index (Phi) is 6.40. The van der Waals surface area contributed by atoms with E-state index in [4.69, 9.17) is 0 Å². The molecule has 130 valence electrons. The average molecular weight is 343 g/mol. The molecule has 0 bridgehead atoms. The number of carbonyl (C=O) groups is 1. The maximum absolute atomic E-state index is 12.3. The van der Waals surface area contributed by atoms with Gasteiger partial charge < -0.3 is 14.8 Å². The number of imidazole rings is 1. The van der Waals surface area contributed by atoms with E-state index in [2.05, 4.69) is 15.0 Å². The Morgan fingerprint density at radius 1 is 1.39 bits per heavy atom. The predicted molar refractivity (Wildman–Crippen MR) is 87.4 cm³/mol. The van der Waals surface area contributed by atoms with Crippen LogP contribution in [0.25, 0.3) is 0 Å². The molecule has 1 aliphatic heterocycles. The second-order valence-corrected chi connectivity index (χ2v) is 7.68. The van der Waals surface area contributed by atoms with Crippen molar-refractivity contribution in [3.63, 3.8) is 0 Å². The summed E-state index contributed by atoms with van der Waals surface area (Å²) in [4.78, 5) is 18.0. The molecule has 2 amide bonds. The molecule has 8 nitrogen and oxygen atoms in total. The fourth-order valence-corrected chi connectivity index (χ4v) is 3.20. The fraction of sp³-hybridized carbons (Fsp3) is 0.714. The summed E-state index contributed by atoms with van der Waals surface area (Å²) in [6.07, 6.45) is 10.1. The van der Waals surface area contributed by atoms with Gasteiger partial charge in [0.15, 0.2) is 0 Å². The molecule has 2 N–H and O–H groups in total. The third-order valence-corrected chi connectivity index (χ3v) is 4.59. The van der Waals surface area contributed by atoms with Gasteiger partial charge in [0.05, 0.1) is 12.6 Å². The minimum Gasteiger partial charge on any atom is -0.338 e. The SMILES string of the molecule is CS(=O)(=O)NC[C@@H]1CCCCN1C(=O)NCCCn1ccnc1. The minimum absolute atomic E-state index is 0.0767. The summed E-state index contributed by atoms with van der Waals surface area (Å²) in [6, 6.07) is -0.192. The van der Waals surface area contributed by atoms with Crippen LogP contribution < -0.4 is 10.0 Å². The van der Waals surface area contributed by atoms with E-state index >= 15 is 0 Å². The van der Waals surface area contributed by atoms with Gasteiger partial charge in [-0.2, -0.15) is 0 Å². The van der Waals surface area contributed by atoms with Crippen LogP contribution >= 0.6 is 0 Å². The first-order valence-corrected chi connectivity index (χ1v) is 9.80. The topological polar surface area (TPSA) is 96.3 Å². The summed E-state index contributed by atoms with van der Waals surface area (Å²) in [6.45, 7) is 2.34. The molecule has 1 atom stereocenters. The van der Waals surface area contributed by atoms with Gasteiger partial charge >= 0.3 is 6.03 Å². The Morgan fingerprint density at radius 2 is 2.22 bits per heavy atom. The highest BCUT2D eigenvalue weighted by Gasteiger charge is 2.26. The predicted octanol–water partition coefficient (Wildman–Crippen LogP) is 0.387. The molecule has 0 spiro atoms. The smallest absolute Gasteiger partial charge is 0.317 e. The van der Waals surface area contributed by atoms with E-state index in [0.717, 1.165) is 38.5 Å². The van der Waals surface area contributed by atoms with Crippen LogP contribution in [0.3, 0.4) is 0 Å². The molecule has 9 heteroatoms. The molecule has 0 aromatic carbocycles. The van der Waals surface area contributed by atoms with Gasteiger partial charge in [0.25, 0.3) is 0 Å². The summed E-state index contributed by atoms with van der Waals surface area (Å²) < 4.78 is 26.9. The van der Waals surface area contributed by atoms with Crippen molar-refractivity contribution in [2.45, 2.75) is 38.3 Å². The number of amides is 2. The number of rotatable bonds is 7. The van der Waals surface area contributed by atoms with Crippen molar-refractivity contribution < 1.29 is 13.2 Å². The Hall–Kier alpha value is -1.61. The molecule has 0 radical (unpaired) electrons. The quantitative estimate of drug-likeness (QED) is 0.700. The molecule has 1 saturated heterocycles. The number of nitrogens with zero attached hydrogens (tertiary/aromatic N) is 3. The number of hydrogen-bond acceptors (Lipinski definition) is 4. The molecule has 0 aliphatic carbocycles. The van der Waals surface area contributed by atoms with Crippen LogP contribution in [0.2, 0.25) is 0 Å². The Morgan fingerprint density at radius 3 is 2.91 bits per heavy atom. The number of aromatic nitrogens is 2. The van der Waals surface area contributed by atoms with Crippen LogP contribution in [0, 0.1) is 0 Å². The van der Waals surface area contributed by atoms with E-state index in [1.165, 1.54) is 0 Å². The first-order chi connectivity index (χ1) is 11.0. The Labute approximate surface area is 137 Å². The van der Waals surface area contributed by atoms with Gasteiger partial charge in [0, 0.05) is 44.6 Å². The van der Waals surface area contributed by atoms with E-state index in [-0.39, 0.29) is 18.6 Å². The van der Waals surface area contributed by atoms with Gasteiger partial charge in [-0.15, -0.1) is 0 Å². The third-order valence-electron chi connectivity index (χ3n) is 3.90. The van der Waals surface area contributed by atoms with Gasteiger partial charge in [-0.05, 0) is 25.7 Å². The van der Waals surface area contributed by atoms with Crippen molar-refractivity contribution in [2.75, 3.05) is 25.9 Å². The van der Waals surface area contributed by atoms with Crippen molar-refractivity contribution in [3.8, 4) is 0 Å². The Balaban J connectivity index is 1.75. The standard InChI is InChI=1S/C14H25N5O3S/c1-23(21,22)17-11-13-5-2-3-9-19(13)14(20)16-6-4-8-18-10-7-15-12-18/h7,10,12-13,17H,2-6,8-9,11H2,1H3,(H,16,20)/t13-/m0/s1. The van der Waals surface area contributed by atoms with Crippen molar-refractivity contribution in [1.82, 2.24) is 24.5 Å². The maximum atomic E-state index is 12.3. The number of piperidine rings is 1. The molecule has 23 heavy (non-hydrogen) atoms. The summed E-state index contributed by atoms with van der Waals surface area (Å²) >= 11 is 0. The second-order valence-electron chi connectivity index (χ2n) is 5.85. The summed E-state index contributed by atoms with van der Waals surface area (Å²) in [5, 5.41) is 2.92. The first kappa shape index (κ1) is 17.7. The maximum Gasteiger partial charge on any atom is 0.317 e. The average Bonchev–Trinajstić information content (AvgIpc) is 3.02. The number of carbonyl (C=O) groups excluding carboxylic acids is 1. The zero-order valence-electron chi connectivity index (χ0n) is 13.4. The van der Waals surface area contributed by atoms with Gasteiger partial charge in [0.2, 0.25) is 10.0 Å². The van der Waals surface area contributed by atoms with E-state index in [1.807, 2.05) is 10.8 Å². The molecule has 1 aromatic rings. The summed E-state index contributed by atoms with van der Waals surface area (Å²) in [7, 11) is -3.24. The van der Waals surface area contributed by atoms with Crippen molar-refractivity contribution >= 4 is 16.1 Å². The lowest BCUT2D eigenvalue weighted by molar-refractivity contribution is 0.152. The first-order valence-electron chi connectivity index (χ1n) is 7.90. The van der Waals surface area contributed by atoms with Crippen LogP contribution in [0.5, 0.6) is 0 Å². The number of nitrogens with one attached hydrogen (secondary N) is 2. The normalized spacial score (nSPS) is 18.8. The third kappa shape index (κ3) is 6.19. The second kappa shape index (κ2) is 8.30. The van der Waals surface area contributed by atoms with E-state index in [0.29, 0.717) is 13.1 Å². The molecular formula is C14H25N5O3S. The molecule has 0 unspecified atom stereocenters. The summed E-state index contributed by atoms with van der Waals surface area (Å²) in [5.74, 6) is 0. The monoisotopic (exact) mass is 343 g/mol. The van der Waals surface area contributed by atoms with E-state index < -0.39 is 10.0 Å². The summed E-state index contributed by atoms with van der Waals surface area (Å²) in [5.41, 5.74) is 0. The lowest BCUT2D eigenvalue weighted by Crippen LogP contribution is -2.52. The van der Waals surface area contributed by atoms with Crippen LogP contribution in [0.15, 0.2) is 18.7 Å². The number of sulfonamides is 1. The molecule has 0 saturated carbocycles. The molecule has 1 aromatic heterocycles. The largest absolute Gasteiger partial charge is 0.338 e. The van der Waals surface area contributed by atoms with E-state index in [1.54, 1.807) is 17.4 Å². The van der Waals surface area contributed by atoms with Gasteiger partial charge in [-0.3, -0.25) is 0 Å². The highest BCUT2D eigenvalue weighted by atomic mass is 32.2. The van der Waals surface area contributed by atoms with Crippen LogP contribution in [0.4, 0.5) is 4.79 Å². The zero-order chi connectivity index (χ0) is 16.7. The van der Waals surface area contributed by atoms with E-state index in [9.17, 15) is 13.2 Å². The molecular weight excluding hydrogens is 318 g/mol. The number of aryl methyl sites for hydroxylation is 1. The van der Waals surface area contributed by atoms with Crippen LogP contribution in [-0.2, 0) is 16.6 Å². The highest BCUT2D eigenvalue weighted by molar-refractivity contribution is 7.88. The molecule has 1 aliphatic rings. The molecule has 2 rings (SSSR count). The molecule has 2 heterocycles. The van der Waals surface area contributed by atoms with Gasteiger partial charge in [-0.1, -0.05) is 0 Å². The van der Waals surface area contributed by atoms with Crippen molar-refractivity contribution in [2.24, 2.45) is 0 Å².